The smallest absolute Gasteiger partial charge is 0.127 e. The maximum absolute atomic E-state index is 13.7. The molecule has 1 heterocycles. The third-order valence-electron chi connectivity index (χ3n) is 3.31. The summed E-state index contributed by atoms with van der Waals surface area (Å²) >= 11 is 1.71. The zero-order valence-electron chi connectivity index (χ0n) is 10.3. The van der Waals surface area contributed by atoms with Crippen LogP contribution in [0.5, 0.6) is 0 Å². The molecule has 0 spiro atoms. The van der Waals surface area contributed by atoms with E-state index in [4.69, 9.17) is 5.73 Å². The maximum Gasteiger partial charge on any atom is 0.127 e. The second-order valence-corrected chi connectivity index (χ2v) is 5.50. The number of thiophene rings is 1. The van der Waals surface area contributed by atoms with Crippen molar-refractivity contribution < 1.29 is 4.39 Å². The molecule has 0 aliphatic carbocycles. The predicted molar refractivity (Wildman–Crippen MR) is 78.9 cm³/mol. The average molecular weight is 271 g/mol. The van der Waals surface area contributed by atoms with Crippen molar-refractivity contribution in [1.29, 1.82) is 0 Å². The van der Waals surface area contributed by atoms with E-state index >= 15 is 0 Å². The minimum atomic E-state index is -0.306. The lowest BCUT2D eigenvalue weighted by Crippen LogP contribution is -2.14. The highest BCUT2D eigenvalue weighted by Gasteiger charge is 2.13. The molecule has 1 nitrogen and oxygen atoms in total. The van der Waals surface area contributed by atoms with Gasteiger partial charge in [-0.15, -0.1) is 11.3 Å². The van der Waals surface area contributed by atoms with E-state index in [0.29, 0.717) is 12.0 Å². The Hall–Kier alpha value is -1.71. The third-order valence-corrected chi connectivity index (χ3v) is 4.32. The summed E-state index contributed by atoms with van der Waals surface area (Å²) in [4.78, 5) is 0. The number of hydrogen-bond acceptors (Lipinski definition) is 2. The first-order valence-corrected chi connectivity index (χ1v) is 7.09. The minimum absolute atomic E-state index is 0.227. The van der Waals surface area contributed by atoms with Gasteiger partial charge < -0.3 is 5.73 Å². The Morgan fingerprint density at radius 2 is 1.79 bits per heavy atom. The molecule has 3 rings (SSSR count). The van der Waals surface area contributed by atoms with Crippen LogP contribution >= 0.6 is 11.3 Å². The Labute approximate surface area is 115 Å². The van der Waals surface area contributed by atoms with Crippen molar-refractivity contribution in [2.45, 2.75) is 12.5 Å². The second kappa shape index (κ2) is 5.11. The zero-order chi connectivity index (χ0) is 13.2. The molecule has 0 aliphatic rings. The molecule has 2 aromatic carbocycles. The number of nitrogens with two attached hydrogens (primary N) is 1. The summed E-state index contributed by atoms with van der Waals surface area (Å²) in [6, 6.07) is 14.7. The lowest BCUT2D eigenvalue weighted by atomic mass is 9.99. The van der Waals surface area contributed by atoms with Crippen molar-refractivity contribution in [3.63, 3.8) is 0 Å². The Morgan fingerprint density at radius 1 is 1.05 bits per heavy atom. The van der Waals surface area contributed by atoms with E-state index in [-0.39, 0.29) is 11.9 Å². The van der Waals surface area contributed by atoms with Gasteiger partial charge in [-0.05, 0) is 34.9 Å². The van der Waals surface area contributed by atoms with Gasteiger partial charge in [0.1, 0.15) is 5.82 Å². The van der Waals surface area contributed by atoms with Crippen LogP contribution in [0.4, 0.5) is 4.39 Å². The standard InChI is InChI=1S/C16H14FNS/c17-14-7-3-1-6-13(14)15(18)9-11-10-19-16-8-4-2-5-12(11)16/h1-8,10,15H,9,18H2. The summed E-state index contributed by atoms with van der Waals surface area (Å²) in [5.41, 5.74) is 7.92. The molecular weight excluding hydrogens is 257 g/mol. The van der Waals surface area contributed by atoms with Crippen LogP contribution in [0.2, 0.25) is 0 Å². The van der Waals surface area contributed by atoms with Crippen LogP contribution in [0, 0.1) is 5.82 Å². The van der Waals surface area contributed by atoms with E-state index < -0.39 is 0 Å². The molecule has 19 heavy (non-hydrogen) atoms. The highest BCUT2D eigenvalue weighted by atomic mass is 32.1. The quantitative estimate of drug-likeness (QED) is 0.756. The maximum atomic E-state index is 13.7. The fraction of sp³-hybridized carbons (Fsp3) is 0.125. The highest BCUT2D eigenvalue weighted by molar-refractivity contribution is 7.17. The predicted octanol–water partition coefficient (Wildman–Crippen LogP) is 4.28. The lowest BCUT2D eigenvalue weighted by molar-refractivity contribution is 0.581. The Bertz CT molecular complexity index is 705. The number of fused-ring (bicyclic) bond motifs is 1. The van der Waals surface area contributed by atoms with Gasteiger partial charge in [0, 0.05) is 16.3 Å². The van der Waals surface area contributed by atoms with Crippen LogP contribution in [0.1, 0.15) is 17.2 Å². The van der Waals surface area contributed by atoms with E-state index in [2.05, 4.69) is 17.5 Å². The normalized spacial score (nSPS) is 12.7. The molecule has 96 valence electrons. The number of hydrogen-bond donors (Lipinski definition) is 1. The Kier molecular flexibility index (Phi) is 3.32. The molecular formula is C16H14FNS. The molecule has 0 saturated heterocycles. The number of halogens is 1. The van der Waals surface area contributed by atoms with Crippen molar-refractivity contribution in [3.05, 3.63) is 70.9 Å². The van der Waals surface area contributed by atoms with Gasteiger partial charge in [-0.25, -0.2) is 4.39 Å². The van der Waals surface area contributed by atoms with Gasteiger partial charge in [0.05, 0.1) is 0 Å². The first-order chi connectivity index (χ1) is 9.25. The Morgan fingerprint density at radius 3 is 2.63 bits per heavy atom. The topological polar surface area (TPSA) is 26.0 Å². The SMILES string of the molecule is NC(Cc1csc2ccccc12)c1ccccc1F. The van der Waals surface area contributed by atoms with Gasteiger partial charge in [0.25, 0.3) is 0 Å². The second-order valence-electron chi connectivity index (χ2n) is 4.59. The monoisotopic (exact) mass is 271 g/mol. The van der Waals surface area contributed by atoms with Crippen molar-refractivity contribution in [2.75, 3.05) is 0 Å². The molecule has 3 aromatic rings. The molecule has 1 unspecified atom stereocenters. The molecule has 0 bridgehead atoms. The van der Waals surface area contributed by atoms with Gasteiger partial charge in [-0.3, -0.25) is 0 Å². The van der Waals surface area contributed by atoms with E-state index in [0.717, 1.165) is 0 Å². The van der Waals surface area contributed by atoms with Crippen molar-refractivity contribution in [2.24, 2.45) is 5.73 Å². The molecule has 0 amide bonds. The van der Waals surface area contributed by atoms with Gasteiger partial charge in [-0.1, -0.05) is 36.4 Å². The fourth-order valence-corrected chi connectivity index (χ4v) is 3.29. The summed E-state index contributed by atoms with van der Waals surface area (Å²) in [5, 5.41) is 3.34. The molecule has 1 atom stereocenters. The molecule has 2 N–H and O–H groups in total. The van der Waals surface area contributed by atoms with Crippen LogP contribution in [0.3, 0.4) is 0 Å². The Balaban J connectivity index is 1.91. The summed E-state index contributed by atoms with van der Waals surface area (Å²) in [6.45, 7) is 0. The van der Waals surface area contributed by atoms with Crippen LogP contribution in [-0.2, 0) is 6.42 Å². The number of benzene rings is 2. The van der Waals surface area contributed by atoms with Gasteiger partial charge in [0.15, 0.2) is 0 Å². The summed E-state index contributed by atoms with van der Waals surface area (Å²) < 4.78 is 15.0. The van der Waals surface area contributed by atoms with Gasteiger partial charge in [0.2, 0.25) is 0 Å². The van der Waals surface area contributed by atoms with Crippen molar-refractivity contribution in [1.82, 2.24) is 0 Å². The summed E-state index contributed by atoms with van der Waals surface area (Å²) in [5.74, 6) is -0.227. The first kappa shape index (κ1) is 12.3. The summed E-state index contributed by atoms with van der Waals surface area (Å²) in [7, 11) is 0. The minimum Gasteiger partial charge on any atom is -0.324 e. The molecule has 0 aliphatic heterocycles. The van der Waals surface area contributed by atoms with Gasteiger partial charge in [-0.2, -0.15) is 0 Å². The van der Waals surface area contributed by atoms with Crippen molar-refractivity contribution in [3.8, 4) is 0 Å². The van der Waals surface area contributed by atoms with Crippen LogP contribution in [-0.4, -0.2) is 0 Å². The largest absolute Gasteiger partial charge is 0.324 e. The lowest BCUT2D eigenvalue weighted by Gasteiger charge is -2.12. The van der Waals surface area contributed by atoms with Gasteiger partial charge >= 0.3 is 0 Å². The van der Waals surface area contributed by atoms with Crippen LogP contribution < -0.4 is 5.73 Å². The van der Waals surface area contributed by atoms with Crippen LogP contribution in [0.25, 0.3) is 10.1 Å². The molecule has 0 radical (unpaired) electrons. The van der Waals surface area contributed by atoms with E-state index in [9.17, 15) is 4.39 Å². The van der Waals surface area contributed by atoms with Crippen LogP contribution in [0.15, 0.2) is 53.9 Å². The third kappa shape index (κ3) is 2.39. The number of rotatable bonds is 3. The highest BCUT2D eigenvalue weighted by Crippen LogP contribution is 2.29. The molecule has 3 heteroatoms. The summed E-state index contributed by atoms with van der Waals surface area (Å²) in [6.07, 6.45) is 0.658. The van der Waals surface area contributed by atoms with E-state index in [1.54, 1.807) is 23.5 Å². The van der Waals surface area contributed by atoms with E-state index in [1.165, 1.54) is 21.7 Å². The zero-order valence-corrected chi connectivity index (χ0v) is 11.2. The van der Waals surface area contributed by atoms with Crippen molar-refractivity contribution >= 4 is 21.4 Å². The molecule has 0 saturated carbocycles. The molecule has 1 aromatic heterocycles. The van der Waals surface area contributed by atoms with E-state index in [1.807, 2.05) is 18.2 Å². The molecule has 0 fully saturated rings. The fourth-order valence-electron chi connectivity index (χ4n) is 2.31. The average Bonchev–Trinajstić information content (AvgIpc) is 2.83. The first-order valence-electron chi connectivity index (χ1n) is 6.21.